The van der Waals surface area contributed by atoms with E-state index in [0.717, 1.165) is 11.3 Å². The van der Waals surface area contributed by atoms with Gasteiger partial charge in [0.1, 0.15) is 5.75 Å². The Bertz CT molecular complexity index is 367. The van der Waals surface area contributed by atoms with Crippen molar-refractivity contribution < 1.29 is 9.84 Å². The molecule has 1 aliphatic rings. The molecule has 16 heavy (non-hydrogen) atoms. The van der Waals surface area contributed by atoms with Gasteiger partial charge in [-0.1, -0.05) is 25.1 Å². The van der Waals surface area contributed by atoms with E-state index in [1.54, 1.807) is 0 Å². The van der Waals surface area contributed by atoms with Gasteiger partial charge >= 0.3 is 0 Å². The molecule has 0 fully saturated rings. The second-order valence-electron chi connectivity index (χ2n) is 4.40. The maximum absolute atomic E-state index is 9.28. The number of rotatable bonds is 3. The molecule has 2 rings (SSSR count). The number of aliphatic hydroxyl groups is 1. The van der Waals surface area contributed by atoms with Crippen molar-refractivity contribution in [2.24, 2.45) is 5.92 Å². The highest BCUT2D eigenvalue weighted by atomic mass is 16.5. The van der Waals surface area contributed by atoms with E-state index in [-0.39, 0.29) is 12.1 Å². The molecule has 3 nitrogen and oxygen atoms in total. The summed E-state index contributed by atoms with van der Waals surface area (Å²) in [4.78, 5) is 0. The summed E-state index contributed by atoms with van der Waals surface area (Å²) in [5.74, 6) is 1.28. The average Bonchev–Trinajstić information content (AvgIpc) is 2.33. The highest BCUT2D eigenvalue weighted by Crippen LogP contribution is 2.41. The Morgan fingerprint density at radius 2 is 2.25 bits per heavy atom. The number of ether oxygens (including phenoxy) is 1. The lowest BCUT2D eigenvalue weighted by Crippen LogP contribution is -2.50. The number of fused-ring (bicyclic) bond motifs is 1. The van der Waals surface area contributed by atoms with Crippen LogP contribution in [-0.4, -0.2) is 25.4 Å². The van der Waals surface area contributed by atoms with Gasteiger partial charge in [-0.05, 0) is 19.5 Å². The third-order valence-corrected chi connectivity index (χ3v) is 3.65. The van der Waals surface area contributed by atoms with E-state index in [0.29, 0.717) is 18.9 Å². The Morgan fingerprint density at radius 1 is 1.50 bits per heavy atom. The number of nitrogens with one attached hydrogen (secondary N) is 1. The predicted octanol–water partition coefficient (Wildman–Crippen LogP) is 1.51. The minimum absolute atomic E-state index is 0.163. The standard InChI is InChI=1S/C13H19NO2/c1-10-9-16-12-6-4-3-5-11(12)13(10,14-2)7-8-15/h3-6,10,14-15H,7-9H2,1-2H3. The fourth-order valence-corrected chi connectivity index (χ4v) is 2.65. The minimum atomic E-state index is -0.163. The van der Waals surface area contributed by atoms with E-state index in [4.69, 9.17) is 4.74 Å². The molecule has 0 spiro atoms. The Kier molecular flexibility index (Phi) is 3.17. The summed E-state index contributed by atoms with van der Waals surface area (Å²) in [6.07, 6.45) is 0.713. The molecule has 2 unspecified atom stereocenters. The molecule has 3 heteroatoms. The number of hydrogen-bond donors (Lipinski definition) is 2. The zero-order valence-corrected chi connectivity index (χ0v) is 9.86. The van der Waals surface area contributed by atoms with Crippen LogP contribution in [0.4, 0.5) is 0 Å². The highest BCUT2D eigenvalue weighted by molar-refractivity contribution is 5.41. The quantitative estimate of drug-likeness (QED) is 0.813. The summed E-state index contributed by atoms with van der Waals surface area (Å²) in [5.41, 5.74) is 0.995. The molecule has 0 bridgehead atoms. The van der Waals surface area contributed by atoms with Crippen LogP contribution in [0.3, 0.4) is 0 Å². The van der Waals surface area contributed by atoms with Crippen LogP contribution in [-0.2, 0) is 5.54 Å². The first-order chi connectivity index (χ1) is 7.74. The normalized spacial score (nSPS) is 28.3. The number of para-hydroxylation sites is 1. The summed E-state index contributed by atoms with van der Waals surface area (Å²) in [7, 11) is 1.95. The lowest BCUT2D eigenvalue weighted by molar-refractivity contribution is 0.0921. The van der Waals surface area contributed by atoms with Crippen molar-refractivity contribution in [1.82, 2.24) is 5.32 Å². The van der Waals surface area contributed by atoms with Gasteiger partial charge in [-0.25, -0.2) is 0 Å². The van der Waals surface area contributed by atoms with Crippen LogP contribution in [0.1, 0.15) is 18.9 Å². The topological polar surface area (TPSA) is 41.5 Å². The van der Waals surface area contributed by atoms with Crippen molar-refractivity contribution in [3.8, 4) is 5.75 Å². The molecule has 0 saturated carbocycles. The number of aliphatic hydroxyl groups excluding tert-OH is 1. The third kappa shape index (κ3) is 1.60. The summed E-state index contributed by atoms with van der Waals surface area (Å²) in [6, 6.07) is 8.07. The van der Waals surface area contributed by atoms with Gasteiger partial charge in [0.05, 0.1) is 12.1 Å². The zero-order chi connectivity index (χ0) is 11.6. The number of hydrogen-bond acceptors (Lipinski definition) is 3. The molecule has 0 radical (unpaired) electrons. The fraction of sp³-hybridized carbons (Fsp3) is 0.538. The van der Waals surface area contributed by atoms with Gasteiger partial charge in [0, 0.05) is 18.1 Å². The van der Waals surface area contributed by atoms with Gasteiger partial charge in [-0.2, -0.15) is 0 Å². The molecular formula is C13H19NO2. The van der Waals surface area contributed by atoms with Crippen molar-refractivity contribution in [3.05, 3.63) is 29.8 Å². The molecule has 2 N–H and O–H groups in total. The monoisotopic (exact) mass is 221 g/mol. The molecular weight excluding hydrogens is 202 g/mol. The average molecular weight is 221 g/mol. The van der Waals surface area contributed by atoms with E-state index in [9.17, 15) is 5.11 Å². The van der Waals surface area contributed by atoms with Crippen LogP contribution in [0, 0.1) is 5.92 Å². The molecule has 1 aromatic rings. The van der Waals surface area contributed by atoms with E-state index in [2.05, 4.69) is 18.3 Å². The maximum atomic E-state index is 9.28. The maximum Gasteiger partial charge on any atom is 0.124 e. The van der Waals surface area contributed by atoms with Crippen LogP contribution in [0.5, 0.6) is 5.75 Å². The van der Waals surface area contributed by atoms with Gasteiger partial charge in [-0.15, -0.1) is 0 Å². The summed E-state index contributed by atoms with van der Waals surface area (Å²) in [5, 5.41) is 12.7. The molecule has 0 aliphatic carbocycles. The van der Waals surface area contributed by atoms with Crippen molar-refractivity contribution >= 4 is 0 Å². The molecule has 0 aromatic heterocycles. The van der Waals surface area contributed by atoms with Crippen molar-refractivity contribution in [1.29, 1.82) is 0 Å². The van der Waals surface area contributed by atoms with E-state index >= 15 is 0 Å². The zero-order valence-electron chi connectivity index (χ0n) is 9.86. The van der Waals surface area contributed by atoms with Gasteiger partial charge in [0.25, 0.3) is 0 Å². The summed E-state index contributed by atoms with van der Waals surface area (Å²) < 4.78 is 5.72. The molecule has 1 aliphatic heterocycles. The van der Waals surface area contributed by atoms with E-state index in [1.165, 1.54) is 0 Å². The van der Waals surface area contributed by atoms with Crippen LogP contribution >= 0.6 is 0 Å². The second-order valence-corrected chi connectivity index (χ2v) is 4.40. The summed E-state index contributed by atoms with van der Waals surface area (Å²) >= 11 is 0. The van der Waals surface area contributed by atoms with Crippen LogP contribution < -0.4 is 10.1 Å². The Labute approximate surface area is 96.4 Å². The van der Waals surface area contributed by atoms with Gasteiger partial charge in [0.2, 0.25) is 0 Å². The smallest absolute Gasteiger partial charge is 0.124 e. The first-order valence-corrected chi connectivity index (χ1v) is 5.76. The van der Waals surface area contributed by atoms with Crippen molar-refractivity contribution in [3.63, 3.8) is 0 Å². The van der Waals surface area contributed by atoms with Crippen molar-refractivity contribution in [2.75, 3.05) is 20.3 Å². The van der Waals surface area contributed by atoms with E-state index in [1.807, 2.05) is 25.2 Å². The largest absolute Gasteiger partial charge is 0.493 e. The van der Waals surface area contributed by atoms with Gasteiger partial charge in [-0.3, -0.25) is 0 Å². The van der Waals surface area contributed by atoms with Crippen LogP contribution in [0.15, 0.2) is 24.3 Å². The molecule has 0 saturated heterocycles. The summed E-state index contributed by atoms with van der Waals surface area (Å²) in [6.45, 7) is 3.03. The Balaban J connectivity index is 2.49. The Hall–Kier alpha value is -1.06. The molecule has 88 valence electrons. The minimum Gasteiger partial charge on any atom is -0.493 e. The van der Waals surface area contributed by atoms with Gasteiger partial charge in [0.15, 0.2) is 0 Å². The second kappa shape index (κ2) is 4.44. The lowest BCUT2D eigenvalue weighted by Gasteiger charge is -2.43. The van der Waals surface area contributed by atoms with Crippen LogP contribution in [0.25, 0.3) is 0 Å². The molecule has 1 heterocycles. The van der Waals surface area contributed by atoms with Crippen LogP contribution in [0.2, 0.25) is 0 Å². The predicted molar refractivity (Wildman–Crippen MR) is 63.5 cm³/mol. The molecule has 1 aromatic carbocycles. The fourth-order valence-electron chi connectivity index (χ4n) is 2.65. The molecule has 2 atom stereocenters. The van der Waals surface area contributed by atoms with E-state index < -0.39 is 0 Å². The Morgan fingerprint density at radius 3 is 2.94 bits per heavy atom. The molecule has 0 amide bonds. The van der Waals surface area contributed by atoms with Crippen molar-refractivity contribution in [2.45, 2.75) is 18.9 Å². The lowest BCUT2D eigenvalue weighted by atomic mass is 9.75. The number of benzene rings is 1. The van der Waals surface area contributed by atoms with Gasteiger partial charge < -0.3 is 15.2 Å². The SMILES string of the molecule is CNC1(CCO)c2ccccc2OCC1C. The third-order valence-electron chi connectivity index (χ3n) is 3.65. The highest BCUT2D eigenvalue weighted by Gasteiger charge is 2.41. The first-order valence-electron chi connectivity index (χ1n) is 5.76. The first kappa shape index (κ1) is 11.4.